The Labute approximate surface area is 182 Å². The van der Waals surface area contributed by atoms with Crippen molar-refractivity contribution in [1.29, 1.82) is 0 Å². The van der Waals surface area contributed by atoms with Crippen LogP contribution in [0.4, 0.5) is 0 Å². The molecule has 0 spiro atoms. The van der Waals surface area contributed by atoms with Crippen molar-refractivity contribution >= 4 is 45.7 Å². The molecule has 0 saturated carbocycles. The molecular formula is C23H17ClN2O3S. The minimum atomic E-state index is -0.570. The van der Waals surface area contributed by atoms with E-state index in [1.54, 1.807) is 12.1 Å². The highest BCUT2D eigenvalue weighted by Crippen LogP contribution is 2.28. The van der Waals surface area contributed by atoms with Crippen LogP contribution >= 0.6 is 22.9 Å². The van der Waals surface area contributed by atoms with Gasteiger partial charge in [-0.1, -0.05) is 54.1 Å². The van der Waals surface area contributed by atoms with Crippen molar-refractivity contribution in [1.82, 2.24) is 10.3 Å². The molecule has 2 aromatic heterocycles. The normalized spacial score (nSPS) is 10.7. The van der Waals surface area contributed by atoms with Gasteiger partial charge in [0.05, 0.1) is 21.7 Å². The van der Waals surface area contributed by atoms with Crippen LogP contribution in [0.3, 0.4) is 0 Å². The van der Waals surface area contributed by atoms with E-state index in [1.807, 2.05) is 60.0 Å². The maximum absolute atomic E-state index is 12.8. The summed E-state index contributed by atoms with van der Waals surface area (Å²) in [6.07, 6.45) is 0. The number of para-hydroxylation sites is 1. The van der Waals surface area contributed by atoms with E-state index in [-0.39, 0.29) is 13.2 Å². The van der Waals surface area contributed by atoms with Gasteiger partial charge in [0, 0.05) is 17.0 Å². The van der Waals surface area contributed by atoms with Gasteiger partial charge in [-0.2, -0.15) is 0 Å². The second-order valence-electron chi connectivity index (χ2n) is 6.49. The Bertz CT molecular complexity index is 1210. The molecule has 0 saturated heterocycles. The van der Waals surface area contributed by atoms with Crippen molar-refractivity contribution < 1.29 is 14.3 Å². The Hall–Kier alpha value is -3.22. The molecule has 0 fully saturated rings. The topological polar surface area (TPSA) is 68.3 Å². The number of carbonyl (C=O) groups is 2. The number of benzene rings is 2. The molecule has 1 amide bonds. The van der Waals surface area contributed by atoms with Crippen LogP contribution in [0.5, 0.6) is 0 Å². The van der Waals surface area contributed by atoms with Crippen LogP contribution < -0.4 is 5.32 Å². The first-order chi connectivity index (χ1) is 14.6. The number of halogens is 1. The zero-order chi connectivity index (χ0) is 20.9. The molecule has 0 atom stereocenters. The summed E-state index contributed by atoms with van der Waals surface area (Å²) in [5, 5.41) is 5.91. The summed E-state index contributed by atoms with van der Waals surface area (Å²) in [4.78, 5) is 30.5. The molecule has 0 aliphatic carbocycles. The van der Waals surface area contributed by atoms with Crippen molar-refractivity contribution in [2.24, 2.45) is 0 Å². The first-order valence-corrected chi connectivity index (χ1v) is 10.5. The lowest BCUT2D eigenvalue weighted by atomic mass is 10.1. The number of esters is 1. The SMILES string of the molecule is O=C(COC(=O)c1cc(-c2cccs2)nc2ccccc12)NCc1ccccc1Cl. The van der Waals surface area contributed by atoms with Gasteiger partial charge in [-0.25, -0.2) is 9.78 Å². The van der Waals surface area contributed by atoms with Gasteiger partial charge in [0.2, 0.25) is 0 Å². The lowest BCUT2D eigenvalue weighted by Gasteiger charge is -2.10. The monoisotopic (exact) mass is 436 g/mol. The van der Waals surface area contributed by atoms with E-state index < -0.39 is 11.9 Å². The molecule has 30 heavy (non-hydrogen) atoms. The Kier molecular flexibility index (Phi) is 6.07. The molecule has 1 N–H and O–H groups in total. The molecule has 2 heterocycles. The average Bonchev–Trinajstić information content (AvgIpc) is 3.31. The molecule has 0 bridgehead atoms. The summed E-state index contributed by atoms with van der Waals surface area (Å²) >= 11 is 7.63. The fourth-order valence-corrected chi connectivity index (χ4v) is 3.88. The van der Waals surface area contributed by atoms with Gasteiger partial charge < -0.3 is 10.1 Å². The summed E-state index contributed by atoms with van der Waals surface area (Å²) in [6, 6.07) is 20.2. The second kappa shape index (κ2) is 9.07. The van der Waals surface area contributed by atoms with Gasteiger partial charge in [0.25, 0.3) is 5.91 Å². The molecule has 0 unspecified atom stereocenters. The number of aromatic nitrogens is 1. The Balaban J connectivity index is 1.48. The van der Waals surface area contributed by atoms with Crippen LogP contribution in [0.2, 0.25) is 5.02 Å². The number of thiophene rings is 1. The average molecular weight is 437 g/mol. The third-order valence-corrected chi connectivity index (χ3v) is 5.74. The number of rotatable bonds is 6. The van der Waals surface area contributed by atoms with Gasteiger partial charge in [-0.15, -0.1) is 11.3 Å². The first kappa shape index (κ1) is 20.1. The van der Waals surface area contributed by atoms with Crippen molar-refractivity contribution in [3.8, 4) is 10.6 Å². The Morgan fingerprint density at radius 3 is 2.63 bits per heavy atom. The molecular weight excluding hydrogens is 420 g/mol. The summed E-state index contributed by atoms with van der Waals surface area (Å²) in [6.45, 7) is -0.120. The van der Waals surface area contributed by atoms with E-state index in [0.29, 0.717) is 27.2 Å². The van der Waals surface area contributed by atoms with Crippen LogP contribution in [0.15, 0.2) is 72.1 Å². The van der Waals surface area contributed by atoms with E-state index in [4.69, 9.17) is 16.3 Å². The molecule has 150 valence electrons. The number of nitrogens with one attached hydrogen (secondary N) is 1. The number of ether oxygens (including phenoxy) is 1. The molecule has 2 aromatic carbocycles. The van der Waals surface area contributed by atoms with Crippen LogP contribution in [0.25, 0.3) is 21.5 Å². The summed E-state index contributed by atoms with van der Waals surface area (Å²) in [5.74, 6) is -0.973. The molecule has 0 aliphatic heterocycles. The van der Waals surface area contributed by atoms with E-state index in [1.165, 1.54) is 11.3 Å². The minimum Gasteiger partial charge on any atom is -0.452 e. The highest BCUT2D eigenvalue weighted by molar-refractivity contribution is 7.13. The Morgan fingerprint density at radius 1 is 1.03 bits per heavy atom. The van der Waals surface area contributed by atoms with E-state index in [0.717, 1.165) is 10.4 Å². The highest BCUT2D eigenvalue weighted by atomic mass is 35.5. The lowest BCUT2D eigenvalue weighted by molar-refractivity contribution is -0.124. The molecule has 7 heteroatoms. The number of hydrogen-bond acceptors (Lipinski definition) is 5. The zero-order valence-electron chi connectivity index (χ0n) is 15.8. The number of hydrogen-bond donors (Lipinski definition) is 1. The van der Waals surface area contributed by atoms with Gasteiger partial charge in [0.15, 0.2) is 6.61 Å². The number of fused-ring (bicyclic) bond motifs is 1. The van der Waals surface area contributed by atoms with E-state index in [2.05, 4.69) is 10.3 Å². The number of carbonyl (C=O) groups excluding carboxylic acids is 2. The number of nitrogens with zero attached hydrogens (tertiary/aromatic N) is 1. The highest BCUT2D eigenvalue weighted by Gasteiger charge is 2.17. The van der Waals surface area contributed by atoms with Gasteiger partial charge in [0.1, 0.15) is 0 Å². The van der Waals surface area contributed by atoms with Crippen LogP contribution in [0, 0.1) is 0 Å². The third-order valence-electron chi connectivity index (χ3n) is 4.48. The fourth-order valence-electron chi connectivity index (χ4n) is 2.99. The predicted molar refractivity (Wildman–Crippen MR) is 119 cm³/mol. The fraction of sp³-hybridized carbons (Fsp3) is 0.0870. The quantitative estimate of drug-likeness (QED) is 0.427. The Morgan fingerprint density at radius 2 is 1.83 bits per heavy atom. The molecule has 4 rings (SSSR count). The van der Waals surface area contributed by atoms with Crippen LogP contribution in [-0.2, 0) is 16.1 Å². The van der Waals surface area contributed by atoms with Gasteiger partial charge in [-0.3, -0.25) is 4.79 Å². The molecule has 5 nitrogen and oxygen atoms in total. The van der Waals surface area contributed by atoms with E-state index >= 15 is 0 Å². The standard InChI is InChI=1S/C23H17ClN2O3S/c24-18-8-3-1-6-15(18)13-25-22(27)14-29-23(28)17-12-20(21-10-5-11-30-21)26-19-9-4-2-7-16(17)19/h1-12H,13-14H2,(H,25,27). The second-order valence-corrected chi connectivity index (χ2v) is 7.85. The van der Waals surface area contributed by atoms with Gasteiger partial charge >= 0.3 is 5.97 Å². The van der Waals surface area contributed by atoms with Gasteiger partial charge in [-0.05, 0) is 35.2 Å². The van der Waals surface area contributed by atoms with Crippen molar-refractivity contribution in [2.75, 3.05) is 6.61 Å². The van der Waals surface area contributed by atoms with Crippen molar-refractivity contribution in [2.45, 2.75) is 6.54 Å². The van der Waals surface area contributed by atoms with E-state index in [9.17, 15) is 9.59 Å². The summed E-state index contributed by atoms with van der Waals surface area (Å²) in [7, 11) is 0. The molecule has 0 aliphatic rings. The maximum atomic E-state index is 12.8. The van der Waals surface area contributed by atoms with Crippen LogP contribution in [-0.4, -0.2) is 23.5 Å². The maximum Gasteiger partial charge on any atom is 0.339 e. The predicted octanol–water partition coefficient (Wildman–Crippen LogP) is 5.09. The third kappa shape index (κ3) is 4.50. The largest absolute Gasteiger partial charge is 0.452 e. The van der Waals surface area contributed by atoms with Crippen LogP contribution in [0.1, 0.15) is 15.9 Å². The molecule has 4 aromatic rings. The minimum absolute atomic E-state index is 0.261. The molecule has 0 radical (unpaired) electrons. The number of pyridine rings is 1. The zero-order valence-corrected chi connectivity index (χ0v) is 17.4. The summed E-state index contributed by atoms with van der Waals surface area (Å²) in [5.41, 5.74) is 2.56. The number of amides is 1. The van der Waals surface area contributed by atoms with Crippen molar-refractivity contribution in [3.05, 3.63) is 88.3 Å². The smallest absolute Gasteiger partial charge is 0.339 e. The van der Waals surface area contributed by atoms with Crippen molar-refractivity contribution in [3.63, 3.8) is 0 Å². The summed E-state index contributed by atoms with van der Waals surface area (Å²) < 4.78 is 5.28. The lowest BCUT2D eigenvalue weighted by Crippen LogP contribution is -2.28. The first-order valence-electron chi connectivity index (χ1n) is 9.23.